The molecule has 0 aliphatic carbocycles. The molecule has 4 atom stereocenters. The Labute approximate surface area is 167 Å². The predicted octanol–water partition coefficient (Wildman–Crippen LogP) is -0.416. The maximum Gasteiger partial charge on any atom is 0.291 e. The number of hydrogen-bond donors (Lipinski definition) is 3. The second-order valence-electron chi connectivity index (χ2n) is 9.03. The van der Waals surface area contributed by atoms with Gasteiger partial charge in [-0.05, 0) is 39.0 Å². The van der Waals surface area contributed by atoms with Crippen molar-refractivity contribution in [2.24, 2.45) is 17.6 Å². The van der Waals surface area contributed by atoms with E-state index in [0.717, 1.165) is 0 Å². The standard InChI is InChI=1S/C20H23FN4O4/c1-19(2,3)25-16(27)14-12(6-7-13(22)26)24-20(15(14)17(25)28)10-8-9(21)4-5-11(10)23-18(20)29/h4-5,8,12,14-15,24H,6-7H2,1-3H3,(H2,22,26)(H,23,29)/p+1/t12-,14+,15-,20-/m0/s1. The second kappa shape index (κ2) is 6.09. The van der Waals surface area contributed by atoms with Crippen LogP contribution in [0.3, 0.4) is 0 Å². The van der Waals surface area contributed by atoms with Crippen molar-refractivity contribution in [3.8, 4) is 0 Å². The zero-order valence-electron chi connectivity index (χ0n) is 16.5. The van der Waals surface area contributed by atoms with E-state index in [0.29, 0.717) is 11.3 Å². The number of carbonyl (C=O) groups excluding carboxylic acids is 4. The minimum Gasteiger partial charge on any atom is -0.370 e. The summed E-state index contributed by atoms with van der Waals surface area (Å²) in [5, 5.41) is 4.40. The van der Waals surface area contributed by atoms with Crippen molar-refractivity contribution in [1.82, 2.24) is 4.90 Å². The molecule has 1 spiro atoms. The van der Waals surface area contributed by atoms with Crippen LogP contribution in [-0.4, -0.2) is 40.1 Å². The zero-order chi connectivity index (χ0) is 21.3. The molecule has 3 heterocycles. The van der Waals surface area contributed by atoms with E-state index in [2.05, 4.69) is 5.32 Å². The number of rotatable bonds is 3. The third kappa shape index (κ3) is 2.60. The summed E-state index contributed by atoms with van der Waals surface area (Å²) in [6.45, 7) is 5.25. The first kappa shape index (κ1) is 19.5. The fourth-order valence-corrected chi connectivity index (χ4v) is 5.17. The quantitative estimate of drug-likeness (QED) is 0.593. The van der Waals surface area contributed by atoms with E-state index in [1.807, 2.05) is 0 Å². The molecule has 1 aromatic carbocycles. The summed E-state index contributed by atoms with van der Waals surface area (Å²) in [5.74, 6) is -4.09. The number of fused-ring (bicyclic) bond motifs is 4. The van der Waals surface area contributed by atoms with Crippen molar-refractivity contribution in [3.05, 3.63) is 29.6 Å². The normalized spacial score (nSPS) is 30.7. The Bertz CT molecular complexity index is 956. The van der Waals surface area contributed by atoms with Gasteiger partial charge in [0.15, 0.2) is 0 Å². The van der Waals surface area contributed by atoms with E-state index < -0.39 is 52.5 Å². The van der Waals surface area contributed by atoms with Gasteiger partial charge in [-0.15, -0.1) is 0 Å². The van der Waals surface area contributed by atoms with Gasteiger partial charge in [0.05, 0.1) is 5.69 Å². The van der Waals surface area contributed by atoms with Gasteiger partial charge in [-0.25, -0.2) is 4.39 Å². The highest BCUT2D eigenvalue weighted by Crippen LogP contribution is 2.50. The first-order valence-electron chi connectivity index (χ1n) is 9.62. The van der Waals surface area contributed by atoms with Crippen molar-refractivity contribution >= 4 is 29.3 Å². The molecule has 29 heavy (non-hydrogen) atoms. The number of benzene rings is 1. The molecule has 0 aromatic heterocycles. The minimum absolute atomic E-state index is 0.0229. The highest BCUT2D eigenvalue weighted by Gasteiger charge is 2.74. The van der Waals surface area contributed by atoms with E-state index in [1.165, 1.54) is 23.1 Å². The number of halogens is 1. The van der Waals surface area contributed by atoms with Crippen LogP contribution in [0.2, 0.25) is 0 Å². The first-order chi connectivity index (χ1) is 13.5. The Morgan fingerprint density at radius 1 is 1.28 bits per heavy atom. The Balaban J connectivity index is 1.88. The molecule has 3 aliphatic heterocycles. The van der Waals surface area contributed by atoms with Gasteiger partial charge in [0.2, 0.25) is 23.3 Å². The zero-order valence-corrected chi connectivity index (χ0v) is 16.5. The van der Waals surface area contributed by atoms with Crippen LogP contribution in [0.1, 0.15) is 39.2 Å². The second-order valence-corrected chi connectivity index (χ2v) is 9.03. The SMILES string of the molecule is CC(C)(C)N1C(=O)[C@@H]2[C@H](CCC(N)=O)[NH2+][C@]3(C(=O)Nc4ccc(F)cc43)[C@@H]2C1=O. The van der Waals surface area contributed by atoms with Crippen LogP contribution in [0, 0.1) is 17.7 Å². The number of primary amides is 1. The Hall–Kier alpha value is -2.81. The number of nitrogens with one attached hydrogen (secondary N) is 1. The van der Waals surface area contributed by atoms with Crippen LogP contribution in [0.25, 0.3) is 0 Å². The van der Waals surface area contributed by atoms with Gasteiger partial charge in [-0.1, -0.05) is 0 Å². The number of nitrogens with two attached hydrogens (primary N) is 2. The molecule has 2 fully saturated rings. The fraction of sp³-hybridized carbons (Fsp3) is 0.500. The van der Waals surface area contributed by atoms with Crippen LogP contribution in [0.4, 0.5) is 10.1 Å². The topological polar surface area (TPSA) is 126 Å². The Kier molecular flexibility index (Phi) is 4.10. The van der Waals surface area contributed by atoms with Gasteiger partial charge in [-0.3, -0.25) is 24.1 Å². The molecule has 2 saturated heterocycles. The van der Waals surface area contributed by atoms with E-state index in [-0.39, 0.29) is 18.7 Å². The van der Waals surface area contributed by atoms with Crippen LogP contribution >= 0.6 is 0 Å². The van der Waals surface area contributed by atoms with Gasteiger partial charge in [0.1, 0.15) is 23.7 Å². The number of amides is 4. The molecule has 0 unspecified atom stereocenters. The number of hydrogen-bond acceptors (Lipinski definition) is 4. The average Bonchev–Trinajstić information content (AvgIpc) is 3.18. The number of imide groups is 1. The number of quaternary nitrogens is 1. The molecule has 1 aromatic rings. The molecule has 4 amide bonds. The third-order valence-electron chi connectivity index (χ3n) is 6.23. The van der Waals surface area contributed by atoms with E-state index in [4.69, 9.17) is 5.73 Å². The lowest BCUT2D eigenvalue weighted by Crippen LogP contribution is -2.99. The molecule has 0 radical (unpaired) electrons. The molecule has 154 valence electrons. The molecule has 5 N–H and O–H groups in total. The van der Waals surface area contributed by atoms with Gasteiger partial charge in [0.25, 0.3) is 5.91 Å². The highest BCUT2D eigenvalue weighted by atomic mass is 19.1. The molecule has 3 aliphatic rings. The average molecular weight is 403 g/mol. The van der Waals surface area contributed by atoms with Crippen LogP contribution in [0.5, 0.6) is 0 Å². The monoisotopic (exact) mass is 403 g/mol. The fourth-order valence-electron chi connectivity index (χ4n) is 5.17. The van der Waals surface area contributed by atoms with Gasteiger partial charge in [0, 0.05) is 23.9 Å². The smallest absolute Gasteiger partial charge is 0.291 e. The molecule has 9 heteroatoms. The molecule has 0 saturated carbocycles. The summed E-state index contributed by atoms with van der Waals surface area (Å²) in [6.07, 6.45) is 0.266. The van der Waals surface area contributed by atoms with Crippen molar-refractivity contribution < 1.29 is 28.9 Å². The Morgan fingerprint density at radius 2 is 1.97 bits per heavy atom. The van der Waals surface area contributed by atoms with Gasteiger partial charge in [-0.2, -0.15) is 0 Å². The maximum absolute atomic E-state index is 14.1. The number of nitrogens with zero attached hydrogens (tertiary/aromatic N) is 1. The van der Waals surface area contributed by atoms with Crippen LogP contribution in [0.15, 0.2) is 18.2 Å². The van der Waals surface area contributed by atoms with Crippen LogP contribution in [-0.2, 0) is 24.7 Å². The van der Waals surface area contributed by atoms with E-state index >= 15 is 0 Å². The molecule has 0 bridgehead atoms. The lowest BCUT2D eigenvalue weighted by Gasteiger charge is -2.33. The maximum atomic E-state index is 14.1. The van der Waals surface area contributed by atoms with Gasteiger partial charge >= 0.3 is 0 Å². The first-order valence-corrected chi connectivity index (χ1v) is 9.62. The summed E-state index contributed by atoms with van der Waals surface area (Å²) in [5.41, 5.74) is 3.86. The lowest BCUT2D eigenvalue weighted by molar-refractivity contribution is -0.734. The number of carbonyl (C=O) groups is 4. The van der Waals surface area contributed by atoms with Crippen LogP contribution < -0.4 is 16.4 Å². The third-order valence-corrected chi connectivity index (χ3v) is 6.23. The number of anilines is 1. The summed E-state index contributed by atoms with van der Waals surface area (Å²) < 4.78 is 14.1. The summed E-state index contributed by atoms with van der Waals surface area (Å²) in [6, 6.07) is 3.43. The van der Waals surface area contributed by atoms with Crippen molar-refractivity contribution in [2.75, 3.05) is 5.32 Å². The van der Waals surface area contributed by atoms with Crippen molar-refractivity contribution in [2.45, 2.75) is 50.7 Å². The van der Waals surface area contributed by atoms with E-state index in [1.54, 1.807) is 26.1 Å². The summed E-state index contributed by atoms with van der Waals surface area (Å²) >= 11 is 0. The molecular formula is C20H24FN4O4+. The largest absolute Gasteiger partial charge is 0.370 e. The Morgan fingerprint density at radius 3 is 2.59 bits per heavy atom. The predicted molar refractivity (Wildman–Crippen MR) is 99.4 cm³/mol. The van der Waals surface area contributed by atoms with Gasteiger partial charge < -0.3 is 16.4 Å². The number of likely N-dealkylation sites (tertiary alicyclic amines) is 1. The highest BCUT2D eigenvalue weighted by molar-refractivity contribution is 6.14. The molecular weight excluding hydrogens is 379 g/mol. The van der Waals surface area contributed by atoms with Crippen molar-refractivity contribution in [1.29, 1.82) is 0 Å². The summed E-state index contributed by atoms with van der Waals surface area (Å²) in [4.78, 5) is 52.5. The summed E-state index contributed by atoms with van der Waals surface area (Å²) in [7, 11) is 0. The van der Waals surface area contributed by atoms with E-state index in [9.17, 15) is 23.6 Å². The molecule has 4 rings (SSSR count). The van der Waals surface area contributed by atoms with Crippen molar-refractivity contribution in [3.63, 3.8) is 0 Å². The molecule has 8 nitrogen and oxygen atoms in total. The lowest BCUT2D eigenvalue weighted by atomic mass is 9.76. The minimum atomic E-state index is -1.45.